The first-order valence-corrected chi connectivity index (χ1v) is 19.4. The van der Waals surface area contributed by atoms with Gasteiger partial charge in [-0.05, 0) is 55.2 Å². The molecule has 0 amide bonds. The van der Waals surface area contributed by atoms with E-state index in [0.717, 1.165) is 30.7 Å². The predicted octanol–water partition coefficient (Wildman–Crippen LogP) is 8.15. The number of aromatic nitrogens is 1. The van der Waals surface area contributed by atoms with Crippen molar-refractivity contribution < 1.29 is 27.8 Å². The zero-order chi connectivity index (χ0) is 35.6. The fourth-order valence-corrected chi connectivity index (χ4v) is 7.18. The zero-order valence-electron chi connectivity index (χ0n) is 29.5. The molecule has 1 saturated heterocycles. The number of unbranched alkanes of at least 4 members (excludes halogenated alkanes) is 12. The van der Waals surface area contributed by atoms with Gasteiger partial charge in [0, 0.05) is 0 Å². The van der Waals surface area contributed by atoms with Crippen molar-refractivity contribution in [2.24, 2.45) is 10.7 Å². The number of nitrogens with one attached hydrogen (secondary N) is 1. The lowest BCUT2D eigenvalue weighted by Crippen LogP contribution is -2.34. The molecule has 274 valence electrons. The first-order valence-electron chi connectivity index (χ1n) is 18.3. The van der Waals surface area contributed by atoms with Crippen LogP contribution in [0.5, 0.6) is 0 Å². The molecule has 2 aliphatic heterocycles. The van der Waals surface area contributed by atoms with Crippen LogP contribution >= 0.6 is 8.60 Å². The molecule has 0 spiro atoms. The number of fused-ring (bicyclic) bond motifs is 1. The molecule has 2 aromatic rings. The van der Waals surface area contributed by atoms with Gasteiger partial charge in [0.1, 0.15) is 36.2 Å². The van der Waals surface area contributed by atoms with Crippen LogP contribution in [-0.4, -0.2) is 47.0 Å². The van der Waals surface area contributed by atoms with Gasteiger partial charge in [0.2, 0.25) is 0 Å². The summed E-state index contributed by atoms with van der Waals surface area (Å²) in [4.78, 5) is 14.8. The Morgan fingerprint density at radius 3 is 2.44 bits per heavy atom. The number of amidine groups is 1. The summed E-state index contributed by atoms with van der Waals surface area (Å²) >= 11 is 0. The van der Waals surface area contributed by atoms with Crippen LogP contribution in [0.4, 0.5) is 4.39 Å². The first kappa shape index (κ1) is 39.7. The molecule has 0 saturated carbocycles. The molecular formula is C37H54FN6O5P. The molecule has 1 aromatic carbocycles. The highest BCUT2D eigenvalue weighted by atomic mass is 31.2. The minimum Gasteiger partial charge on any atom is -0.382 e. The van der Waals surface area contributed by atoms with Gasteiger partial charge in [-0.15, -0.1) is 0 Å². The lowest BCUT2D eigenvalue weighted by molar-refractivity contribution is -0.0397. The Balaban J connectivity index is 1.20. The van der Waals surface area contributed by atoms with Gasteiger partial charge in [-0.2, -0.15) is 10.5 Å². The van der Waals surface area contributed by atoms with Crippen molar-refractivity contribution in [3.63, 3.8) is 0 Å². The lowest BCUT2D eigenvalue weighted by Gasteiger charge is -2.25. The molecule has 0 aliphatic carbocycles. The highest BCUT2D eigenvalue weighted by molar-refractivity contribution is 7.40. The maximum absolute atomic E-state index is 14.0. The largest absolute Gasteiger partial charge is 0.382 e. The number of nitrogens with two attached hydrogens (primary N) is 1. The Morgan fingerprint density at radius 2 is 1.76 bits per heavy atom. The molecule has 4 unspecified atom stereocenters. The van der Waals surface area contributed by atoms with E-state index >= 15 is 0 Å². The Labute approximate surface area is 297 Å². The minimum atomic E-state index is -2.32. The van der Waals surface area contributed by atoms with E-state index in [2.05, 4.69) is 23.4 Å². The smallest absolute Gasteiger partial charge is 0.330 e. The van der Waals surface area contributed by atoms with Crippen LogP contribution in [0.25, 0.3) is 0 Å². The molecular weight excluding hydrogens is 658 g/mol. The standard InChI is InChI=1S/C37H54FN6O5P/c1-2-3-4-5-6-7-8-9-10-11-12-13-14-15-32(46-24-30-20-29(23-39)21-31(38)22-30)25-47-50(45)48-27-37(26-40)19-18-35(49-37)33-16-17-34-36(41)42-28-43-44(33)34/h16-17,20-22,32,35,43,45H,2-15,18-19,24-25,27-28H2,1H3,(H2,41,42). The number of halogens is 1. The third-order valence-electron chi connectivity index (χ3n) is 9.34. The normalized spacial score (nSPS) is 19.6. The molecule has 11 nitrogen and oxygen atoms in total. The number of hydrogen-bond acceptors (Lipinski definition) is 10. The Morgan fingerprint density at radius 1 is 1.06 bits per heavy atom. The van der Waals surface area contributed by atoms with E-state index in [1.54, 1.807) is 6.07 Å². The number of nitrogens with zero attached hydrogens (tertiary/aromatic N) is 4. The topological polar surface area (TPSA) is 160 Å². The molecule has 3 heterocycles. The van der Waals surface area contributed by atoms with Crippen molar-refractivity contribution >= 4 is 14.4 Å². The van der Waals surface area contributed by atoms with E-state index in [1.807, 2.05) is 22.9 Å². The van der Waals surface area contributed by atoms with E-state index in [-0.39, 0.29) is 37.6 Å². The van der Waals surface area contributed by atoms with Crippen LogP contribution in [0.3, 0.4) is 0 Å². The number of ether oxygens (including phenoxy) is 2. The summed E-state index contributed by atoms with van der Waals surface area (Å²) in [5.74, 6) is -0.0572. The van der Waals surface area contributed by atoms with Gasteiger partial charge in [-0.25, -0.2) is 9.38 Å². The van der Waals surface area contributed by atoms with Crippen molar-refractivity contribution in [1.82, 2.24) is 4.68 Å². The molecule has 4 N–H and O–H groups in total. The second-order valence-corrected chi connectivity index (χ2v) is 14.3. The second-order valence-electron chi connectivity index (χ2n) is 13.3. The summed E-state index contributed by atoms with van der Waals surface area (Å²) in [6.45, 7) is 2.61. The van der Waals surface area contributed by atoms with Crippen LogP contribution in [0.15, 0.2) is 35.3 Å². The Hall–Kier alpha value is -3.09. The molecule has 4 atom stereocenters. The van der Waals surface area contributed by atoms with Crippen molar-refractivity contribution in [3.05, 3.63) is 58.7 Å². The van der Waals surface area contributed by atoms with Crippen molar-refractivity contribution in [1.29, 1.82) is 10.5 Å². The van der Waals surface area contributed by atoms with Gasteiger partial charge in [-0.3, -0.25) is 4.68 Å². The number of hydrogen-bond donors (Lipinski definition) is 3. The SMILES string of the molecule is CCCCCCCCCCCCCCCC(COP(O)OCC1(C#N)CCC(c2ccc3n2NCN=C3N)O1)OCc1cc(F)cc(C#N)c1. The summed E-state index contributed by atoms with van der Waals surface area (Å²) in [6, 6.07) is 12.1. The maximum atomic E-state index is 14.0. The van der Waals surface area contributed by atoms with Gasteiger partial charge in [0.05, 0.1) is 43.3 Å². The molecule has 13 heteroatoms. The monoisotopic (exact) mass is 712 g/mol. The fraction of sp³-hybridized carbons (Fsp3) is 0.649. The van der Waals surface area contributed by atoms with E-state index in [0.29, 0.717) is 37.3 Å². The van der Waals surface area contributed by atoms with Gasteiger partial charge in [0.15, 0.2) is 5.60 Å². The molecule has 50 heavy (non-hydrogen) atoms. The van der Waals surface area contributed by atoms with E-state index in [4.69, 9.17) is 24.3 Å². The predicted molar refractivity (Wildman–Crippen MR) is 192 cm³/mol. The molecule has 1 fully saturated rings. The quantitative estimate of drug-likeness (QED) is 0.0721. The molecule has 1 aromatic heterocycles. The average molecular weight is 713 g/mol. The summed E-state index contributed by atoms with van der Waals surface area (Å²) in [7, 11) is -2.32. The summed E-state index contributed by atoms with van der Waals surface area (Å²) in [5, 5.41) is 19.3. The van der Waals surface area contributed by atoms with Gasteiger partial charge in [0.25, 0.3) is 0 Å². The highest BCUT2D eigenvalue weighted by Crippen LogP contribution is 2.43. The van der Waals surface area contributed by atoms with Gasteiger partial charge >= 0.3 is 8.60 Å². The summed E-state index contributed by atoms with van der Waals surface area (Å²) < 4.78 is 39.5. The van der Waals surface area contributed by atoms with Crippen molar-refractivity contribution in [2.45, 2.75) is 134 Å². The maximum Gasteiger partial charge on any atom is 0.330 e. The fourth-order valence-electron chi connectivity index (χ4n) is 6.50. The third-order valence-corrected chi connectivity index (χ3v) is 10.1. The van der Waals surface area contributed by atoms with E-state index in [9.17, 15) is 19.8 Å². The summed E-state index contributed by atoms with van der Waals surface area (Å²) in [6.07, 6.45) is 17.2. The second kappa shape index (κ2) is 21.3. The Bertz CT molecular complexity index is 1440. The molecule has 2 aliphatic rings. The van der Waals surface area contributed by atoms with E-state index in [1.165, 1.54) is 76.3 Å². The van der Waals surface area contributed by atoms with Crippen LogP contribution in [0.1, 0.15) is 138 Å². The van der Waals surface area contributed by atoms with Gasteiger partial charge in [-0.1, -0.05) is 90.4 Å². The molecule has 0 bridgehead atoms. The van der Waals surface area contributed by atoms with Crippen LogP contribution in [0.2, 0.25) is 0 Å². The first-order chi connectivity index (χ1) is 24.4. The Kier molecular flexibility index (Phi) is 16.9. The van der Waals surface area contributed by atoms with Gasteiger partial charge < -0.3 is 34.6 Å². The minimum absolute atomic E-state index is 0.0643. The zero-order valence-corrected chi connectivity index (χ0v) is 30.3. The summed E-state index contributed by atoms with van der Waals surface area (Å²) in [5.41, 5.74) is 10.3. The molecule has 4 rings (SSSR count). The number of nitriles is 2. The van der Waals surface area contributed by atoms with Crippen molar-refractivity contribution in [2.75, 3.05) is 25.3 Å². The van der Waals surface area contributed by atoms with Crippen LogP contribution < -0.4 is 11.2 Å². The van der Waals surface area contributed by atoms with Crippen LogP contribution in [0, 0.1) is 28.5 Å². The van der Waals surface area contributed by atoms with Crippen LogP contribution in [-0.2, 0) is 25.1 Å². The molecule has 0 radical (unpaired) electrons. The number of aliphatic imine (C=N–C) groups is 1. The van der Waals surface area contributed by atoms with Crippen molar-refractivity contribution in [3.8, 4) is 12.1 Å². The number of rotatable bonds is 24. The average Bonchev–Trinajstić information content (AvgIpc) is 3.75. The highest BCUT2D eigenvalue weighted by Gasteiger charge is 2.43. The number of benzene rings is 1. The van der Waals surface area contributed by atoms with E-state index < -0.39 is 20.0 Å². The lowest BCUT2D eigenvalue weighted by atomic mass is 10.0. The third kappa shape index (κ3) is 12.6.